The summed E-state index contributed by atoms with van der Waals surface area (Å²) >= 11 is 0. The first kappa shape index (κ1) is 21.5. The third-order valence-corrected chi connectivity index (χ3v) is 5.67. The van der Waals surface area contributed by atoms with Gasteiger partial charge in [0.15, 0.2) is 0 Å². The Hall–Kier alpha value is -4.39. The van der Waals surface area contributed by atoms with Crippen LogP contribution in [0.3, 0.4) is 0 Å². The van der Waals surface area contributed by atoms with Crippen LogP contribution in [0, 0.1) is 0 Å². The van der Waals surface area contributed by atoms with E-state index in [1.54, 1.807) is 6.07 Å². The summed E-state index contributed by atoms with van der Waals surface area (Å²) in [6, 6.07) is 27.0. The number of ether oxygens (including phenoxy) is 1. The lowest BCUT2D eigenvalue weighted by molar-refractivity contribution is -0.124. The molecule has 2 heterocycles. The van der Waals surface area contributed by atoms with Crippen molar-refractivity contribution >= 4 is 17.5 Å². The molecule has 1 aliphatic rings. The molecule has 4 aromatic rings. The molecule has 34 heavy (non-hydrogen) atoms. The average Bonchev–Trinajstić information content (AvgIpc) is 3.25. The third-order valence-electron chi connectivity index (χ3n) is 5.67. The summed E-state index contributed by atoms with van der Waals surface area (Å²) in [5.41, 5.74) is 4.20. The lowest BCUT2D eigenvalue weighted by Gasteiger charge is -2.21. The number of carbonyl (C=O) groups excluding carboxylic acids is 2. The SMILES string of the molecule is O=C(CN1C(=O)CCOc2ccccc21)NCc1cn(-c2ccccc2)nc1-c1ccccc1. The van der Waals surface area contributed by atoms with Crippen molar-refractivity contribution in [3.05, 3.63) is 96.7 Å². The molecule has 1 aliphatic heterocycles. The number of hydrogen-bond acceptors (Lipinski definition) is 4. The van der Waals surface area contributed by atoms with E-state index in [9.17, 15) is 9.59 Å². The summed E-state index contributed by atoms with van der Waals surface area (Å²) in [6.45, 7) is 0.510. The molecule has 0 aliphatic carbocycles. The Balaban J connectivity index is 1.36. The van der Waals surface area contributed by atoms with Crippen molar-refractivity contribution in [3.63, 3.8) is 0 Å². The summed E-state index contributed by atoms with van der Waals surface area (Å²) in [5, 5.41) is 7.75. The van der Waals surface area contributed by atoms with E-state index in [1.807, 2.05) is 89.7 Å². The number of amides is 2. The number of nitrogens with one attached hydrogen (secondary N) is 1. The highest BCUT2D eigenvalue weighted by atomic mass is 16.5. The Morgan fingerprint density at radius 1 is 0.941 bits per heavy atom. The molecule has 2 amide bonds. The van der Waals surface area contributed by atoms with Crippen LogP contribution in [0.1, 0.15) is 12.0 Å². The molecular formula is C27H24N4O3. The zero-order chi connectivity index (χ0) is 23.3. The molecule has 7 heteroatoms. The van der Waals surface area contributed by atoms with Crippen LogP contribution in [0.2, 0.25) is 0 Å². The van der Waals surface area contributed by atoms with Crippen LogP contribution in [0.25, 0.3) is 16.9 Å². The molecule has 170 valence electrons. The maximum Gasteiger partial charge on any atom is 0.240 e. The van der Waals surface area contributed by atoms with E-state index >= 15 is 0 Å². The highest BCUT2D eigenvalue weighted by Gasteiger charge is 2.25. The van der Waals surface area contributed by atoms with Gasteiger partial charge in [0.25, 0.3) is 0 Å². The van der Waals surface area contributed by atoms with Crippen molar-refractivity contribution in [2.75, 3.05) is 18.1 Å². The fourth-order valence-electron chi connectivity index (χ4n) is 3.98. The van der Waals surface area contributed by atoms with E-state index in [0.29, 0.717) is 18.0 Å². The monoisotopic (exact) mass is 452 g/mol. The second kappa shape index (κ2) is 9.62. The van der Waals surface area contributed by atoms with Gasteiger partial charge in [0, 0.05) is 23.9 Å². The van der Waals surface area contributed by atoms with Crippen LogP contribution in [0.4, 0.5) is 5.69 Å². The molecule has 0 saturated carbocycles. The minimum Gasteiger partial charge on any atom is -0.491 e. The molecule has 0 radical (unpaired) electrons. The van der Waals surface area contributed by atoms with Crippen molar-refractivity contribution in [1.82, 2.24) is 15.1 Å². The molecule has 1 N–H and O–H groups in total. The number of aromatic nitrogens is 2. The van der Waals surface area contributed by atoms with Gasteiger partial charge in [-0.2, -0.15) is 5.10 Å². The summed E-state index contributed by atoms with van der Waals surface area (Å²) in [5.74, 6) is 0.218. The normalized spacial score (nSPS) is 13.1. The quantitative estimate of drug-likeness (QED) is 0.480. The number of carbonyl (C=O) groups is 2. The molecule has 0 spiro atoms. The van der Waals surface area contributed by atoms with Gasteiger partial charge in [-0.3, -0.25) is 14.5 Å². The minimum atomic E-state index is -0.253. The number of anilines is 1. The third kappa shape index (κ3) is 4.54. The standard InChI is InChI=1S/C27H24N4O3/c32-25(19-30-23-13-7-8-14-24(23)34-16-15-26(30)33)28-17-21-18-31(22-11-5-2-6-12-22)29-27(21)20-9-3-1-4-10-20/h1-14,18H,15-17,19H2,(H,28,32). The fourth-order valence-corrected chi connectivity index (χ4v) is 3.98. The van der Waals surface area contributed by atoms with Gasteiger partial charge in [-0.15, -0.1) is 0 Å². The average molecular weight is 453 g/mol. The Labute approximate surface area is 197 Å². The predicted molar refractivity (Wildman–Crippen MR) is 130 cm³/mol. The smallest absolute Gasteiger partial charge is 0.240 e. The van der Waals surface area contributed by atoms with Gasteiger partial charge < -0.3 is 10.1 Å². The largest absolute Gasteiger partial charge is 0.491 e. The van der Waals surface area contributed by atoms with Crippen molar-refractivity contribution in [2.45, 2.75) is 13.0 Å². The topological polar surface area (TPSA) is 76.5 Å². The van der Waals surface area contributed by atoms with E-state index in [-0.39, 0.29) is 31.3 Å². The maximum absolute atomic E-state index is 12.9. The molecule has 0 bridgehead atoms. The maximum atomic E-state index is 12.9. The van der Waals surface area contributed by atoms with Crippen LogP contribution < -0.4 is 15.0 Å². The second-order valence-electron chi connectivity index (χ2n) is 7.97. The number of para-hydroxylation sites is 3. The molecule has 0 unspecified atom stereocenters. The van der Waals surface area contributed by atoms with Gasteiger partial charge in [0.1, 0.15) is 12.3 Å². The van der Waals surface area contributed by atoms with Crippen LogP contribution in [0.5, 0.6) is 5.75 Å². The summed E-state index contributed by atoms with van der Waals surface area (Å²) < 4.78 is 7.48. The van der Waals surface area contributed by atoms with Crippen molar-refractivity contribution in [1.29, 1.82) is 0 Å². The summed E-state index contributed by atoms with van der Waals surface area (Å²) in [4.78, 5) is 27.0. The van der Waals surface area contributed by atoms with Crippen LogP contribution in [-0.4, -0.2) is 34.7 Å². The van der Waals surface area contributed by atoms with Crippen LogP contribution in [0.15, 0.2) is 91.1 Å². The number of benzene rings is 3. The Bertz CT molecular complexity index is 1300. The summed E-state index contributed by atoms with van der Waals surface area (Å²) in [6.07, 6.45) is 2.15. The fraction of sp³-hybridized carbons (Fsp3) is 0.148. The minimum absolute atomic E-state index is 0.0767. The van der Waals surface area contributed by atoms with Gasteiger partial charge in [-0.25, -0.2) is 4.68 Å². The van der Waals surface area contributed by atoms with Crippen molar-refractivity contribution < 1.29 is 14.3 Å². The zero-order valence-corrected chi connectivity index (χ0v) is 18.6. The molecule has 0 fully saturated rings. The molecule has 7 nitrogen and oxygen atoms in total. The highest BCUT2D eigenvalue weighted by molar-refractivity contribution is 6.00. The van der Waals surface area contributed by atoms with E-state index in [2.05, 4.69) is 5.32 Å². The number of fused-ring (bicyclic) bond motifs is 1. The van der Waals surface area contributed by atoms with Gasteiger partial charge in [0.2, 0.25) is 11.8 Å². The van der Waals surface area contributed by atoms with Crippen molar-refractivity contribution in [2.24, 2.45) is 0 Å². The molecular weight excluding hydrogens is 428 g/mol. The number of hydrogen-bond donors (Lipinski definition) is 1. The zero-order valence-electron chi connectivity index (χ0n) is 18.6. The lowest BCUT2D eigenvalue weighted by atomic mass is 10.1. The van der Waals surface area contributed by atoms with Gasteiger partial charge >= 0.3 is 0 Å². The number of nitrogens with zero attached hydrogens (tertiary/aromatic N) is 3. The molecule has 5 rings (SSSR count). The first-order valence-electron chi connectivity index (χ1n) is 11.2. The summed E-state index contributed by atoms with van der Waals surface area (Å²) in [7, 11) is 0. The van der Waals surface area contributed by atoms with Gasteiger partial charge in [-0.05, 0) is 24.3 Å². The first-order chi connectivity index (χ1) is 16.7. The Morgan fingerprint density at radius 2 is 1.65 bits per heavy atom. The van der Waals surface area contributed by atoms with Crippen LogP contribution >= 0.6 is 0 Å². The molecule has 0 atom stereocenters. The van der Waals surface area contributed by atoms with E-state index < -0.39 is 0 Å². The number of rotatable bonds is 6. The van der Waals surface area contributed by atoms with E-state index in [0.717, 1.165) is 22.5 Å². The first-order valence-corrected chi connectivity index (χ1v) is 11.2. The second-order valence-corrected chi connectivity index (χ2v) is 7.97. The molecule has 0 saturated heterocycles. The Morgan fingerprint density at radius 3 is 2.44 bits per heavy atom. The van der Waals surface area contributed by atoms with Crippen LogP contribution in [-0.2, 0) is 16.1 Å². The lowest BCUT2D eigenvalue weighted by Crippen LogP contribution is -2.40. The Kier molecular flexibility index (Phi) is 6.07. The molecule has 1 aromatic heterocycles. The predicted octanol–water partition coefficient (Wildman–Crippen LogP) is 3.97. The van der Waals surface area contributed by atoms with E-state index in [1.165, 1.54) is 4.90 Å². The molecule has 3 aromatic carbocycles. The van der Waals surface area contributed by atoms with Gasteiger partial charge in [0.05, 0.1) is 30.1 Å². The highest BCUT2D eigenvalue weighted by Crippen LogP contribution is 2.30. The van der Waals surface area contributed by atoms with Gasteiger partial charge in [-0.1, -0.05) is 60.7 Å². The van der Waals surface area contributed by atoms with Crippen molar-refractivity contribution in [3.8, 4) is 22.7 Å². The van der Waals surface area contributed by atoms with E-state index in [4.69, 9.17) is 9.84 Å².